The van der Waals surface area contributed by atoms with E-state index in [-0.39, 0.29) is 12.1 Å². The van der Waals surface area contributed by atoms with E-state index in [0.29, 0.717) is 0 Å². The first-order valence-corrected chi connectivity index (χ1v) is 6.74. The number of hydrogen-bond acceptors (Lipinski definition) is 2. The van der Waals surface area contributed by atoms with Gasteiger partial charge in [-0.2, -0.15) is 0 Å². The minimum Gasteiger partial charge on any atom is -0.351 e. The standard InChI is InChI=1S/C15H21N3O/c16-13-10-6-1-2-7-11-14(13)18(15(17)19)12-8-4-3-5-9-12/h1-5,8-9,13-14H,6-7,10-11,16H2,(H2,17,19)/b2-1-/t13-,14+/m0/s1. The molecular weight excluding hydrogens is 238 g/mol. The molecule has 0 aliphatic heterocycles. The Morgan fingerprint density at radius 2 is 1.74 bits per heavy atom. The van der Waals surface area contributed by atoms with Gasteiger partial charge in [0, 0.05) is 11.7 Å². The van der Waals surface area contributed by atoms with E-state index in [1.165, 1.54) is 0 Å². The highest BCUT2D eigenvalue weighted by atomic mass is 16.2. The van der Waals surface area contributed by atoms with Crippen LogP contribution in [0.2, 0.25) is 0 Å². The summed E-state index contributed by atoms with van der Waals surface area (Å²) in [5, 5.41) is 0. The van der Waals surface area contributed by atoms with Crippen molar-refractivity contribution in [1.29, 1.82) is 0 Å². The third-order valence-corrected chi connectivity index (χ3v) is 3.56. The van der Waals surface area contributed by atoms with Crippen LogP contribution in [0.3, 0.4) is 0 Å². The first-order chi connectivity index (χ1) is 9.20. The summed E-state index contributed by atoms with van der Waals surface area (Å²) in [7, 11) is 0. The topological polar surface area (TPSA) is 72.4 Å². The van der Waals surface area contributed by atoms with Gasteiger partial charge in [-0.25, -0.2) is 4.79 Å². The lowest BCUT2D eigenvalue weighted by Gasteiger charge is -2.35. The van der Waals surface area contributed by atoms with Gasteiger partial charge in [0.25, 0.3) is 0 Å². The molecule has 0 aromatic heterocycles. The number of nitrogens with zero attached hydrogens (tertiary/aromatic N) is 1. The van der Waals surface area contributed by atoms with E-state index < -0.39 is 6.03 Å². The molecule has 2 rings (SSSR count). The molecule has 1 aliphatic rings. The molecule has 1 aliphatic carbocycles. The minimum atomic E-state index is -0.434. The molecule has 0 saturated heterocycles. The summed E-state index contributed by atoms with van der Waals surface area (Å²) in [4.78, 5) is 13.5. The van der Waals surface area contributed by atoms with Crippen molar-refractivity contribution in [2.24, 2.45) is 11.5 Å². The summed E-state index contributed by atoms with van der Waals surface area (Å²) in [6.07, 6.45) is 7.91. The van der Waals surface area contributed by atoms with Gasteiger partial charge in [0.15, 0.2) is 0 Å². The van der Waals surface area contributed by atoms with Gasteiger partial charge in [0.05, 0.1) is 6.04 Å². The Kier molecular flexibility index (Phi) is 4.58. The normalized spacial score (nSPS) is 25.1. The molecule has 102 valence electrons. The van der Waals surface area contributed by atoms with Crippen LogP contribution in [-0.2, 0) is 0 Å². The zero-order chi connectivity index (χ0) is 13.7. The molecule has 0 radical (unpaired) electrons. The maximum Gasteiger partial charge on any atom is 0.319 e. The summed E-state index contributed by atoms with van der Waals surface area (Å²) in [6.45, 7) is 0. The second-order valence-corrected chi connectivity index (χ2v) is 4.90. The largest absolute Gasteiger partial charge is 0.351 e. The van der Waals surface area contributed by atoms with Crippen LogP contribution in [-0.4, -0.2) is 18.1 Å². The number of amides is 2. The molecule has 2 atom stereocenters. The van der Waals surface area contributed by atoms with Crippen LogP contribution < -0.4 is 16.4 Å². The molecular formula is C15H21N3O. The molecule has 0 unspecified atom stereocenters. The molecule has 2 amide bonds. The molecule has 19 heavy (non-hydrogen) atoms. The molecule has 0 bridgehead atoms. The molecule has 4 N–H and O–H groups in total. The van der Waals surface area contributed by atoms with Crippen molar-refractivity contribution in [2.75, 3.05) is 4.90 Å². The van der Waals surface area contributed by atoms with Crippen LogP contribution in [0.25, 0.3) is 0 Å². The monoisotopic (exact) mass is 259 g/mol. The van der Waals surface area contributed by atoms with Crippen molar-refractivity contribution >= 4 is 11.7 Å². The number of urea groups is 1. The van der Waals surface area contributed by atoms with Crippen LogP contribution in [0.4, 0.5) is 10.5 Å². The minimum absolute atomic E-state index is 0.0372. The zero-order valence-corrected chi connectivity index (χ0v) is 11.0. The SMILES string of the molecule is NC(=O)N(c1ccccc1)[C@@H]1CC/C=C\CC[C@@H]1N. The second kappa shape index (κ2) is 6.38. The third kappa shape index (κ3) is 3.35. The van der Waals surface area contributed by atoms with Crippen molar-refractivity contribution in [1.82, 2.24) is 0 Å². The van der Waals surface area contributed by atoms with E-state index in [9.17, 15) is 4.79 Å². The van der Waals surface area contributed by atoms with Crippen LogP contribution in [0.1, 0.15) is 25.7 Å². The van der Waals surface area contributed by atoms with Crippen molar-refractivity contribution < 1.29 is 4.79 Å². The Balaban J connectivity index is 2.27. The second-order valence-electron chi connectivity index (χ2n) is 4.90. The number of primary amides is 1. The number of para-hydroxylation sites is 1. The predicted molar refractivity (Wildman–Crippen MR) is 77.9 cm³/mol. The van der Waals surface area contributed by atoms with Gasteiger partial charge in [-0.05, 0) is 37.8 Å². The Morgan fingerprint density at radius 1 is 1.11 bits per heavy atom. The highest BCUT2D eigenvalue weighted by Crippen LogP contribution is 2.23. The lowest BCUT2D eigenvalue weighted by Crippen LogP contribution is -2.52. The average molecular weight is 259 g/mol. The Hall–Kier alpha value is -1.81. The van der Waals surface area contributed by atoms with Gasteiger partial charge in [0.1, 0.15) is 0 Å². The molecule has 1 aromatic carbocycles. The fourth-order valence-corrected chi connectivity index (χ4v) is 2.59. The van der Waals surface area contributed by atoms with Crippen molar-refractivity contribution in [3.63, 3.8) is 0 Å². The number of hydrogen-bond donors (Lipinski definition) is 2. The first kappa shape index (κ1) is 13.6. The Bertz CT molecular complexity index is 444. The Labute approximate surface area is 114 Å². The van der Waals surface area contributed by atoms with Gasteiger partial charge in [-0.3, -0.25) is 4.90 Å². The Morgan fingerprint density at radius 3 is 2.37 bits per heavy atom. The van der Waals surface area contributed by atoms with E-state index in [1.807, 2.05) is 30.3 Å². The van der Waals surface area contributed by atoms with Crippen LogP contribution in [0, 0.1) is 0 Å². The highest BCUT2D eigenvalue weighted by molar-refractivity contribution is 5.91. The van der Waals surface area contributed by atoms with Gasteiger partial charge in [-0.15, -0.1) is 0 Å². The fourth-order valence-electron chi connectivity index (χ4n) is 2.59. The van der Waals surface area contributed by atoms with Crippen LogP contribution >= 0.6 is 0 Å². The third-order valence-electron chi connectivity index (χ3n) is 3.56. The van der Waals surface area contributed by atoms with E-state index in [2.05, 4.69) is 12.2 Å². The predicted octanol–water partition coefficient (Wildman–Crippen LogP) is 2.40. The summed E-state index contributed by atoms with van der Waals surface area (Å²) in [5.74, 6) is 0. The first-order valence-electron chi connectivity index (χ1n) is 6.74. The number of anilines is 1. The van der Waals surface area contributed by atoms with Gasteiger partial charge >= 0.3 is 6.03 Å². The lowest BCUT2D eigenvalue weighted by atomic mass is 9.94. The van der Waals surface area contributed by atoms with E-state index in [0.717, 1.165) is 31.4 Å². The van der Waals surface area contributed by atoms with Gasteiger partial charge in [0.2, 0.25) is 0 Å². The smallest absolute Gasteiger partial charge is 0.319 e. The summed E-state index contributed by atoms with van der Waals surface area (Å²) >= 11 is 0. The molecule has 1 aromatic rings. The molecule has 0 spiro atoms. The maximum atomic E-state index is 11.8. The van der Waals surface area contributed by atoms with E-state index in [1.54, 1.807) is 4.90 Å². The van der Waals surface area contributed by atoms with Crippen molar-refractivity contribution in [3.05, 3.63) is 42.5 Å². The number of rotatable bonds is 2. The molecule has 0 heterocycles. The van der Waals surface area contributed by atoms with Crippen molar-refractivity contribution in [2.45, 2.75) is 37.8 Å². The quantitative estimate of drug-likeness (QED) is 0.800. The zero-order valence-electron chi connectivity index (χ0n) is 11.0. The van der Waals surface area contributed by atoms with Gasteiger partial charge < -0.3 is 11.5 Å². The summed E-state index contributed by atoms with van der Waals surface area (Å²) in [5.41, 5.74) is 12.6. The molecule has 4 nitrogen and oxygen atoms in total. The molecule has 4 heteroatoms. The summed E-state index contributed by atoms with van der Waals surface area (Å²) in [6, 6.07) is 9.00. The number of nitrogens with two attached hydrogens (primary N) is 2. The van der Waals surface area contributed by atoms with Crippen molar-refractivity contribution in [3.8, 4) is 0 Å². The van der Waals surface area contributed by atoms with E-state index in [4.69, 9.17) is 11.5 Å². The average Bonchev–Trinajstić information content (AvgIpc) is 2.39. The summed E-state index contributed by atoms with van der Waals surface area (Å²) < 4.78 is 0. The number of carbonyl (C=O) groups is 1. The van der Waals surface area contributed by atoms with Crippen LogP contribution in [0.5, 0.6) is 0 Å². The van der Waals surface area contributed by atoms with Gasteiger partial charge in [-0.1, -0.05) is 30.4 Å². The molecule has 0 fully saturated rings. The maximum absolute atomic E-state index is 11.8. The highest BCUT2D eigenvalue weighted by Gasteiger charge is 2.28. The lowest BCUT2D eigenvalue weighted by molar-refractivity contribution is 0.249. The number of allylic oxidation sites excluding steroid dienone is 2. The number of carbonyl (C=O) groups excluding carboxylic acids is 1. The van der Waals surface area contributed by atoms with E-state index >= 15 is 0 Å². The van der Waals surface area contributed by atoms with Crippen LogP contribution in [0.15, 0.2) is 42.5 Å². The molecule has 0 saturated carbocycles. The number of benzene rings is 1. The fraction of sp³-hybridized carbons (Fsp3) is 0.400.